The average molecular weight is 319 g/mol. The summed E-state index contributed by atoms with van der Waals surface area (Å²) in [5.41, 5.74) is 2.33. The van der Waals surface area contributed by atoms with Gasteiger partial charge in [-0.25, -0.2) is 0 Å². The third-order valence-electron chi connectivity index (χ3n) is 3.84. The molecule has 1 aromatic heterocycles. The maximum absolute atomic E-state index is 4.29. The molecule has 0 radical (unpaired) electrons. The van der Waals surface area contributed by atoms with Crippen molar-refractivity contribution in [2.75, 3.05) is 11.1 Å². The molecule has 0 saturated heterocycles. The third kappa shape index (κ3) is 4.45. The number of nitrogens with one attached hydrogen (secondary N) is 1. The van der Waals surface area contributed by atoms with Crippen LogP contribution in [0.25, 0.3) is 0 Å². The molecule has 0 bridgehead atoms. The first-order valence-electron chi connectivity index (χ1n) is 7.59. The highest BCUT2D eigenvalue weighted by molar-refractivity contribution is 8.01. The zero-order valence-corrected chi connectivity index (χ0v) is 14.0. The molecule has 1 N–H and O–H groups in total. The topological polar surface area (TPSA) is 37.8 Å². The van der Waals surface area contributed by atoms with Crippen molar-refractivity contribution in [2.45, 2.75) is 43.4 Å². The molecule has 0 aliphatic heterocycles. The molecule has 5 heteroatoms. The fourth-order valence-electron chi connectivity index (χ4n) is 2.71. The number of hydrogen-bond acceptors (Lipinski definition) is 5. The molecular formula is C16H21N3S2. The fourth-order valence-corrected chi connectivity index (χ4v) is 4.69. The van der Waals surface area contributed by atoms with Gasteiger partial charge in [0.2, 0.25) is 5.13 Å². The van der Waals surface area contributed by atoms with Crippen molar-refractivity contribution in [3.05, 3.63) is 29.8 Å². The molecule has 0 spiro atoms. The summed E-state index contributed by atoms with van der Waals surface area (Å²) >= 11 is 3.52. The number of rotatable bonds is 5. The van der Waals surface area contributed by atoms with E-state index in [0.717, 1.165) is 21.1 Å². The van der Waals surface area contributed by atoms with Crippen LogP contribution in [0.2, 0.25) is 0 Å². The minimum Gasteiger partial charge on any atom is -0.330 e. The number of benzene rings is 1. The van der Waals surface area contributed by atoms with Gasteiger partial charge in [0.05, 0.1) is 0 Å². The second-order valence-electron chi connectivity index (χ2n) is 5.68. The molecular weight excluding hydrogens is 298 g/mol. The molecule has 3 nitrogen and oxygen atoms in total. The molecule has 1 fully saturated rings. The van der Waals surface area contributed by atoms with Gasteiger partial charge in [0, 0.05) is 11.4 Å². The van der Waals surface area contributed by atoms with Gasteiger partial charge in [-0.1, -0.05) is 54.5 Å². The molecule has 3 rings (SSSR count). The van der Waals surface area contributed by atoms with E-state index in [9.17, 15) is 0 Å². The summed E-state index contributed by atoms with van der Waals surface area (Å²) in [6, 6.07) is 8.33. The predicted octanol–water partition coefficient (Wildman–Crippen LogP) is 5.26. The molecule has 21 heavy (non-hydrogen) atoms. The molecule has 1 saturated carbocycles. The molecule has 1 heterocycles. The Morgan fingerprint density at radius 3 is 2.90 bits per heavy atom. The lowest BCUT2D eigenvalue weighted by Crippen LogP contribution is -2.08. The van der Waals surface area contributed by atoms with Gasteiger partial charge < -0.3 is 5.32 Å². The molecule has 0 unspecified atom stereocenters. The van der Waals surface area contributed by atoms with E-state index in [1.807, 2.05) is 11.8 Å². The summed E-state index contributed by atoms with van der Waals surface area (Å²) in [6.07, 6.45) is 7.01. The largest absolute Gasteiger partial charge is 0.330 e. The Bertz CT molecular complexity index is 576. The van der Waals surface area contributed by atoms with Crippen LogP contribution < -0.4 is 5.32 Å². The number of hydrogen-bond donors (Lipinski definition) is 1. The van der Waals surface area contributed by atoms with E-state index in [4.69, 9.17) is 0 Å². The first-order chi connectivity index (χ1) is 10.3. The first kappa shape index (κ1) is 14.9. The smallest absolute Gasteiger partial charge is 0.210 e. The van der Waals surface area contributed by atoms with Gasteiger partial charge in [-0.15, -0.1) is 10.2 Å². The number of aryl methyl sites for hydroxylation is 1. The Morgan fingerprint density at radius 2 is 2.10 bits per heavy atom. The van der Waals surface area contributed by atoms with Crippen molar-refractivity contribution in [1.29, 1.82) is 0 Å². The van der Waals surface area contributed by atoms with Crippen LogP contribution in [0.15, 0.2) is 28.6 Å². The van der Waals surface area contributed by atoms with Crippen LogP contribution in [0, 0.1) is 12.8 Å². The van der Waals surface area contributed by atoms with Crippen molar-refractivity contribution >= 4 is 33.9 Å². The minimum atomic E-state index is 0.876. The van der Waals surface area contributed by atoms with E-state index in [1.54, 1.807) is 11.3 Å². The van der Waals surface area contributed by atoms with Gasteiger partial charge in [0.1, 0.15) is 0 Å². The van der Waals surface area contributed by atoms with Crippen LogP contribution >= 0.6 is 23.1 Å². The van der Waals surface area contributed by atoms with E-state index in [0.29, 0.717) is 0 Å². The summed E-state index contributed by atoms with van der Waals surface area (Å²) < 4.78 is 1.08. The quantitative estimate of drug-likeness (QED) is 0.763. The Morgan fingerprint density at radius 1 is 1.24 bits per heavy atom. The van der Waals surface area contributed by atoms with E-state index >= 15 is 0 Å². The van der Waals surface area contributed by atoms with E-state index in [2.05, 4.69) is 46.7 Å². The van der Waals surface area contributed by atoms with Gasteiger partial charge in [-0.3, -0.25) is 0 Å². The zero-order valence-electron chi connectivity index (χ0n) is 12.3. The molecule has 0 amide bonds. The highest BCUT2D eigenvalue weighted by atomic mass is 32.2. The molecule has 1 aromatic carbocycles. The summed E-state index contributed by atoms with van der Waals surface area (Å²) in [4.78, 5) is 0. The summed E-state index contributed by atoms with van der Waals surface area (Å²) in [7, 11) is 0. The third-order valence-corrected chi connectivity index (χ3v) is 6.05. The average Bonchev–Trinajstić information content (AvgIpc) is 2.94. The number of anilines is 2. The van der Waals surface area contributed by atoms with E-state index in [1.165, 1.54) is 43.4 Å². The molecule has 1 aliphatic carbocycles. The highest BCUT2D eigenvalue weighted by Gasteiger charge is 2.15. The van der Waals surface area contributed by atoms with Crippen molar-refractivity contribution in [3.63, 3.8) is 0 Å². The van der Waals surface area contributed by atoms with Crippen LogP contribution in [0.5, 0.6) is 0 Å². The number of aromatic nitrogens is 2. The molecule has 0 atom stereocenters. The van der Waals surface area contributed by atoms with Gasteiger partial charge in [0.15, 0.2) is 4.34 Å². The Hall–Kier alpha value is -1.07. The highest BCUT2D eigenvalue weighted by Crippen LogP contribution is 2.33. The van der Waals surface area contributed by atoms with Crippen LogP contribution in [0.3, 0.4) is 0 Å². The number of nitrogens with zero attached hydrogens (tertiary/aromatic N) is 2. The second-order valence-corrected chi connectivity index (χ2v) is 7.93. The molecule has 2 aromatic rings. The summed E-state index contributed by atoms with van der Waals surface area (Å²) in [5, 5.41) is 12.7. The lowest BCUT2D eigenvalue weighted by atomic mass is 9.91. The van der Waals surface area contributed by atoms with Crippen molar-refractivity contribution in [1.82, 2.24) is 10.2 Å². The fraction of sp³-hybridized carbons (Fsp3) is 0.500. The van der Waals surface area contributed by atoms with Crippen molar-refractivity contribution in [3.8, 4) is 0 Å². The maximum Gasteiger partial charge on any atom is 0.210 e. The van der Waals surface area contributed by atoms with Gasteiger partial charge >= 0.3 is 0 Å². The summed E-state index contributed by atoms with van der Waals surface area (Å²) in [6.45, 7) is 2.09. The molecule has 112 valence electrons. The predicted molar refractivity (Wildman–Crippen MR) is 91.7 cm³/mol. The van der Waals surface area contributed by atoms with Gasteiger partial charge in [-0.2, -0.15) is 0 Å². The van der Waals surface area contributed by atoms with E-state index in [-0.39, 0.29) is 0 Å². The lowest BCUT2D eigenvalue weighted by molar-refractivity contribution is 0.391. The van der Waals surface area contributed by atoms with E-state index < -0.39 is 0 Å². The normalized spacial score (nSPS) is 16.0. The Kier molecular flexibility index (Phi) is 5.14. The summed E-state index contributed by atoms with van der Waals surface area (Å²) in [5.74, 6) is 2.07. The zero-order chi connectivity index (χ0) is 14.5. The van der Waals surface area contributed by atoms with Crippen LogP contribution in [0.1, 0.15) is 37.7 Å². The number of thioether (sulfide) groups is 1. The first-order valence-corrected chi connectivity index (χ1v) is 9.40. The van der Waals surface area contributed by atoms with Gasteiger partial charge in [-0.05, 0) is 43.4 Å². The Balaban J connectivity index is 1.53. The monoisotopic (exact) mass is 319 g/mol. The lowest BCUT2D eigenvalue weighted by Gasteiger charge is -2.20. The second kappa shape index (κ2) is 7.27. The minimum absolute atomic E-state index is 0.876. The van der Waals surface area contributed by atoms with Crippen LogP contribution in [-0.2, 0) is 0 Å². The van der Waals surface area contributed by atoms with Crippen molar-refractivity contribution in [2.24, 2.45) is 5.92 Å². The molecule has 1 aliphatic rings. The Labute approximate surface area is 134 Å². The SMILES string of the molecule is Cc1cccc(Nc2nnc(SCC3CCCCC3)s2)c1. The van der Waals surface area contributed by atoms with Gasteiger partial charge in [0.25, 0.3) is 0 Å². The maximum atomic E-state index is 4.29. The van der Waals surface area contributed by atoms with Crippen molar-refractivity contribution < 1.29 is 0 Å². The van der Waals surface area contributed by atoms with Crippen LogP contribution in [0.4, 0.5) is 10.8 Å². The van der Waals surface area contributed by atoms with Crippen LogP contribution in [-0.4, -0.2) is 16.0 Å². The standard InChI is InChI=1S/C16H21N3S2/c1-12-6-5-9-14(10-12)17-15-18-19-16(21-15)20-11-13-7-3-2-4-8-13/h5-6,9-10,13H,2-4,7-8,11H2,1H3,(H,17,18).